The minimum Gasteiger partial charge on any atom is -0.465 e. The van der Waals surface area contributed by atoms with E-state index >= 15 is 4.39 Å². The van der Waals surface area contributed by atoms with Gasteiger partial charge in [-0.1, -0.05) is 35.9 Å². The number of likely N-dealkylation sites (tertiary alicyclic amines) is 1. The first kappa shape index (κ1) is 32.0. The largest absolute Gasteiger partial charge is 0.465 e. The van der Waals surface area contributed by atoms with Crippen LogP contribution in [0.15, 0.2) is 79.1 Å². The van der Waals surface area contributed by atoms with Gasteiger partial charge >= 0.3 is 6.09 Å². The fourth-order valence-electron chi connectivity index (χ4n) is 5.48. The Labute approximate surface area is 275 Å². The molecule has 5 aromatic rings. The lowest BCUT2D eigenvalue weighted by Crippen LogP contribution is -2.44. The Hall–Kier alpha value is -5.01. The monoisotopic (exact) mass is 676 g/mol. The smallest absolute Gasteiger partial charge is 0.407 e. The molecule has 0 radical (unpaired) electrons. The maximum atomic E-state index is 15.2. The van der Waals surface area contributed by atoms with E-state index in [4.69, 9.17) is 16.3 Å². The van der Waals surface area contributed by atoms with Crippen molar-refractivity contribution >= 4 is 50.1 Å². The maximum Gasteiger partial charge on any atom is 0.407 e. The second-order valence-electron chi connectivity index (χ2n) is 11.2. The van der Waals surface area contributed by atoms with Crippen LogP contribution in [0.5, 0.6) is 11.6 Å². The van der Waals surface area contributed by atoms with E-state index in [9.17, 15) is 18.3 Å². The molecule has 1 aliphatic rings. The second kappa shape index (κ2) is 13.4. The first-order chi connectivity index (χ1) is 22.6. The number of benzene rings is 3. The van der Waals surface area contributed by atoms with Crippen LogP contribution in [0.4, 0.5) is 20.8 Å². The van der Waals surface area contributed by atoms with E-state index in [1.54, 1.807) is 67.0 Å². The molecular formula is C33H30ClFN6O5S. The van der Waals surface area contributed by atoms with Gasteiger partial charge in [0.1, 0.15) is 11.6 Å². The van der Waals surface area contributed by atoms with Crippen molar-refractivity contribution in [1.82, 2.24) is 19.9 Å². The first-order valence-corrected chi connectivity index (χ1v) is 16.8. The normalized spacial score (nSPS) is 15.0. The van der Waals surface area contributed by atoms with Crippen molar-refractivity contribution in [3.8, 4) is 22.9 Å². The van der Waals surface area contributed by atoms with Crippen LogP contribution >= 0.6 is 11.6 Å². The van der Waals surface area contributed by atoms with E-state index < -0.39 is 21.9 Å². The number of fused-ring (bicyclic) bond motifs is 1. The molecule has 1 saturated heterocycles. The Kier molecular flexibility index (Phi) is 9.10. The SMILES string of the molecule is Cc1ccc2c(NS(=O)(=O)Cc3ccc(Cl)cc3)c(F)ccc2c1Oc1ncccc1-c1ccnc(N[C@H]2CCCN(C(=O)O)C2)n1. The highest BCUT2D eigenvalue weighted by molar-refractivity contribution is 7.91. The third kappa shape index (κ3) is 7.36. The molecule has 0 unspecified atom stereocenters. The highest BCUT2D eigenvalue weighted by Crippen LogP contribution is 2.40. The lowest BCUT2D eigenvalue weighted by atomic mass is 10.0. The number of hydrogen-bond donors (Lipinski definition) is 3. The number of carboxylic acid groups (broad SMARTS) is 1. The number of nitrogens with zero attached hydrogens (tertiary/aromatic N) is 4. The molecule has 2 aromatic heterocycles. The fraction of sp³-hybridized carbons (Fsp3) is 0.212. The van der Waals surface area contributed by atoms with Crippen molar-refractivity contribution in [2.24, 2.45) is 0 Å². The summed E-state index contributed by atoms with van der Waals surface area (Å²) in [6, 6.07) is 17.5. The molecule has 242 valence electrons. The summed E-state index contributed by atoms with van der Waals surface area (Å²) in [5.41, 5.74) is 2.07. The summed E-state index contributed by atoms with van der Waals surface area (Å²) < 4.78 is 50.2. The number of pyridine rings is 1. The average Bonchev–Trinajstić information content (AvgIpc) is 3.05. The predicted molar refractivity (Wildman–Crippen MR) is 178 cm³/mol. The fourth-order valence-corrected chi connectivity index (χ4v) is 6.83. The number of hydrogen-bond acceptors (Lipinski definition) is 8. The molecule has 6 rings (SSSR count). The molecule has 11 nitrogen and oxygen atoms in total. The molecule has 0 saturated carbocycles. The zero-order chi connectivity index (χ0) is 33.1. The van der Waals surface area contributed by atoms with Crippen LogP contribution in [0, 0.1) is 12.7 Å². The van der Waals surface area contributed by atoms with Gasteiger partial charge in [0.25, 0.3) is 0 Å². The van der Waals surface area contributed by atoms with Gasteiger partial charge in [-0.3, -0.25) is 4.72 Å². The van der Waals surface area contributed by atoms with E-state index in [2.05, 4.69) is 25.0 Å². The number of aromatic nitrogens is 3. The molecule has 3 aromatic carbocycles. The van der Waals surface area contributed by atoms with E-state index in [0.29, 0.717) is 63.0 Å². The molecule has 3 N–H and O–H groups in total. The average molecular weight is 677 g/mol. The Balaban J connectivity index is 1.30. The van der Waals surface area contributed by atoms with Crippen molar-refractivity contribution in [3.05, 3.63) is 101 Å². The van der Waals surface area contributed by atoms with Crippen LogP contribution in [-0.4, -0.2) is 58.6 Å². The van der Waals surface area contributed by atoms with Crippen LogP contribution in [-0.2, 0) is 15.8 Å². The molecule has 3 heterocycles. The van der Waals surface area contributed by atoms with Gasteiger partial charge in [-0.05, 0) is 73.4 Å². The number of amides is 1. The first-order valence-electron chi connectivity index (χ1n) is 14.7. The minimum atomic E-state index is -4.00. The van der Waals surface area contributed by atoms with E-state index in [0.717, 1.165) is 12.8 Å². The lowest BCUT2D eigenvalue weighted by Gasteiger charge is -2.31. The molecule has 47 heavy (non-hydrogen) atoms. The molecule has 0 bridgehead atoms. The number of sulfonamides is 1. The van der Waals surface area contributed by atoms with Gasteiger partial charge in [-0.25, -0.2) is 32.6 Å². The van der Waals surface area contributed by atoms with Crippen molar-refractivity contribution in [2.45, 2.75) is 31.6 Å². The van der Waals surface area contributed by atoms with Gasteiger partial charge in [0, 0.05) is 47.3 Å². The van der Waals surface area contributed by atoms with E-state index in [1.807, 2.05) is 6.92 Å². The summed E-state index contributed by atoms with van der Waals surface area (Å²) in [4.78, 5) is 26.3. The maximum absolute atomic E-state index is 15.2. The number of anilines is 2. The zero-order valence-electron chi connectivity index (χ0n) is 25.2. The summed E-state index contributed by atoms with van der Waals surface area (Å²) in [6.45, 7) is 2.63. The number of rotatable bonds is 9. The number of ether oxygens (including phenoxy) is 1. The highest BCUT2D eigenvalue weighted by atomic mass is 35.5. The molecule has 1 atom stereocenters. The van der Waals surface area contributed by atoms with Gasteiger partial charge in [0.05, 0.1) is 22.7 Å². The quantitative estimate of drug-likeness (QED) is 0.149. The Morgan fingerprint density at radius 3 is 2.64 bits per heavy atom. The third-order valence-electron chi connectivity index (χ3n) is 7.75. The summed E-state index contributed by atoms with van der Waals surface area (Å²) in [6.07, 6.45) is 3.70. The van der Waals surface area contributed by atoms with Crippen molar-refractivity contribution in [3.63, 3.8) is 0 Å². The van der Waals surface area contributed by atoms with Gasteiger partial charge in [0.2, 0.25) is 21.9 Å². The Morgan fingerprint density at radius 1 is 1.06 bits per heavy atom. The molecule has 14 heteroatoms. The Bertz CT molecular complexity index is 2070. The van der Waals surface area contributed by atoms with Crippen LogP contribution in [0.1, 0.15) is 24.0 Å². The van der Waals surface area contributed by atoms with Gasteiger partial charge in [0.15, 0.2) is 0 Å². The van der Waals surface area contributed by atoms with Crippen molar-refractivity contribution in [2.75, 3.05) is 23.1 Å². The lowest BCUT2D eigenvalue weighted by molar-refractivity contribution is 0.132. The van der Waals surface area contributed by atoms with E-state index in [1.165, 1.54) is 17.0 Å². The Morgan fingerprint density at radius 2 is 1.85 bits per heavy atom. The summed E-state index contributed by atoms with van der Waals surface area (Å²) >= 11 is 5.93. The third-order valence-corrected chi connectivity index (χ3v) is 9.23. The molecule has 1 aliphatic heterocycles. The molecule has 0 spiro atoms. The molecule has 1 amide bonds. The van der Waals surface area contributed by atoms with Gasteiger partial charge in [-0.15, -0.1) is 0 Å². The highest BCUT2D eigenvalue weighted by Gasteiger charge is 2.24. The molecular weight excluding hydrogens is 647 g/mol. The van der Waals surface area contributed by atoms with Gasteiger partial charge in [-0.2, -0.15) is 0 Å². The van der Waals surface area contributed by atoms with Crippen molar-refractivity contribution in [1.29, 1.82) is 0 Å². The summed E-state index contributed by atoms with van der Waals surface area (Å²) in [5, 5.41) is 13.9. The standard InChI is InChI=1S/C33H30ClFN6O5S/c1-20-6-11-24-25(12-13-27(35)29(24)40-47(44,45)19-21-7-9-22(34)10-8-21)30(20)46-31-26(5-2-15-36-31)28-14-16-37-32(39-28)38-23-4-3-17-41(18-23)33(42)43/h2,5-16,23,40H,3-4,17-19H2,1H3,(H,42,43)(H,37,38,39)/t23-/m0/s1. The van der Waals surface area contributed by atoms with Crippen LogP contribution in [0.2, 0.25) is 5.02 Å². The van der Waals surface area contributed by atoms with Crippen LogP contribution in [0.3, 0.4) is 0 Å². The summed E-state index contributed by atoms with van der Waals surface area (Å²) in [7, 11) is -4.00. The van der Waals surface area contributed by atoms with E-state index in [-0.39, 0.29) is 23.4 Å². The van der Waals surface area contributed by atoms with Gasteiger partial charge < -0.3 is 20.1 Å². The number of halogens is 2. The minimum absolute atomic E-state index is 0.142. The number of carbonyl (C=O) groups is 1. The second-order valence-corrected chi connectivity index (χ2v) is 13.3. The number of aryl methyl sites for hydroxylation is 1. The predicted octanol–water partition coefficient (Wildman–Crippen LogP) is 7.08. The number of nitrogens with one attached hydrogen (secondary N) is 2. The van der Waals surface area contributed by atoms with Crippen molar-refractivity contribution < 1.29 is 27.4 Å². The van der Waals surface area contributed by atoms with Crippen LogP contribution in [0.25, 0.3) is 22.0 Å². The molecule has 0 aliphatic carbocycles. The molecule has 1 fully saturated rings. The summed E-state index contributed by atoms with van der Waals surface area (Å²) in [5.74, 6) is -0.195. The number of piperidine rings is 1. The zero-order valence-corrected chi connectivity index (χ0v) is 26.7. The topological polar surface area (TPSA) is 147 Å². The van der Waals surface area contributed by atoms with Crippen LogP contribution < -0.4 is 14.8 Å².